The number of amides is 1. The number of hydrogen-bond acceptors (Lipinski definition) is 6. The Kier molecular flexibility index (Phi) is 7.40. The highest BCUT2D eigenvalue weighted by Gasteiger charge is 2.51. The second-order valence-corrected chi connectivity index (χ2v) is 7.98. The molecule has 11 heteroatoms. The lowest BCUT2D eigenvalue weighted by Gasteiger charge is -2.47. The topological polar surface area (TPSA) is 91.8 Å². The number of piperidine rings is 1. The molecule has 1 aromatic heterocycles. The largest absolute Gasteiger partial charge is 0.479 e. The number of morpholine rings is 1. The predicted octanol–water partition coefficient (Wildman–Crippen LogP) is 2.49. The van der Waals surface area contributed by atoms with Crippen LogP contribution in [-0.4, -0.2) is 71.4 Å². The van der Waals surface area contributed by atoms with Crippen LogP contribution in [0.15, 0.2) is 5.38 Å². The van der Waals surface area contributed by atoms with Crippen molar-refractivity contribution in [3.05, 3.63) is 16.1 Å². The maximum absolute atomic E-state index is 14.0. The number of ether oxygens (including phenoxy) is 1. The maximum Gasteiger partial charge on any atom is 0.373 e. The number of nitrogens with one attached hydrogen (secondary N) is 1. The van der Waals surface area contributed by atoms with E-state index >= 15 is 0 Å². The van der Waals surface area contributed by atoms with Crippen molar-refractivity contribution in [3.63, 3.8) is 0 Å². The molecule has 3 rings (SSSR count). The first-order chi connectivity index (χ1) is 13.1. The Hall–Kier alpha value is -1.72. The Morgan fingerprint density at radius 3 is 2.46 bits per heavy atom. The summed E-state index contributed by atoms with van der Waals surface area (Å²) in [6.45, 7) is 3.41. The number of nitrogens with zero attached hydrogens (tertiary/aromatic N) is 2. The molecule has 0 aromatic carbocycles. The molecular formula is C17H24F3N3O4S. The Morgan fingerprint density at radius 1 is 1.36 bits per heavy atom. The van der Waals surface area contributed by atoms with Crippen LogP contribution in [-0.2, 0) is 9.53 Å². The van der Waals surface area contributed by atoms with Gasteiger partial charge in [-0.05, 0) is 25.9 Å². The fourth-order valence-corrected chi connectivity index (χ4v) is 3.92. The van der Waals surface area contributed by atoms with Gasteiger partial charge < -0.3 is 20.1 Å². The fraction of sp³-hybridized carbons (Fsp3) is 0.706. The van der Waals surface area contributed by atoms with Gasteiger partial charge in [-0.2, -0.15) is 8.78 Å². The fourth-order valence-electron chi connectivity index (χ4n) is 3.11. The molecule has 158 valence electrons. The van der Waals surface area contributed by atoms with E-state index in [0.717, 1.165) is 5.01 Å². The molecule has 0 atom stereocenters. The zero-order valence-corrected chi connectivity index (χ0v) is 16.5. The van der Waals surface area contributed by atoms with Gasteiger partial charge in [0.25, 0.3) is 5.91 Å². The normalized spacial score (nSPS) is 20.6. The zero-order valence-electron chi connectivity index (χ0n) is 15.7. The minimum absolute atomic E-state index is 0.192. The first kappa shape index (κ1) is 22.6. The number of alkyl halides is 3. The molecule has 3 heterocycles. The van der Waals surface area contributed by atoms with Crippen LogP contribution in [0.3, 0.4) is 0 Å². The summed E-state index contributed by atoms with van der Waals surface area (Å²) in [6, 6.07) is 0. The third-order valence-corrected chi connectivity index (χ3v) is 5.52. The van der Waals surface area contributed by atoms with Crippen LogP contribution < -0.4 is 5.32 Å². The van der Waals surface area contributed by atoms with Gasteiger partial charge in [-0.1, -0.05) is 13.8 Å². The van der Waals surface area contributed by atoms with Gasteiger partial charge >= 0.3 is 12.1 Å². The number of aliphatic carboxylic acids is 1. The van der Waals surface area contributed by atoms with Gasteiger partial charge in [-0.3, -0.25) is 4.79 Å². The van der Waals surface area contributed by atoms with Crippen LogP contribution in [0.5, 0.6) is 0 Å². The average molecular weight is 423 g/mol. The van der Waals surface area contributed by atoms with E-state index in [0.29, 0.717) is 25.9 Å². The Balaban J connectivity index is 0.000000500. The molecule has 1 aromatic rings. The highest BCUT2D eigenvalue weighted by Crippen LogP contribution is 2.37. The number of carboxylic acids is 1. The highest BCUT2D eigenvalue weighted by molar-refractivity contribution is 7.09. The second kappa shape index (κ2) is 9.19. The van der Waals surface area contributed by atoms with Crippen molar-refractivity contribution in [2.75, 3.05) is 32.9 Å². The van der Waals surface area contributed by atoms with Gasteiger partial charge in [-0.15, -0.1) is 11.3 Å². The number of carbonyl (C=O) groups excluding carboxylic acids is 1. The Labute approximate surface area is 164 Å². The van der Waals surface area contributed by atoms with E-state index < -0.39 is 36.8 Å². The molecule has 2 saturated heterocycles. The molecule has 0 bridgehead atoms. The van der Waals surface area contributed by atoms with Crippen LogP contribution in [0.25, 0.3) is 0 Å². The molecular weight excluding hydrogens is 399 g/mol. The summed E-state index contributed by atoms with van der Waals surface area (Å²) < 4.78 is 43.7. The van der Waals surface area contributed by atoms with Crippen molar-refractivity contribution in [1.29, 1.82) is 0 Å². The van der Waals surface area contributed by atoms with Crippen LogP contribution in [0.4, 0.5) is 13.2 Å². The molecule has 2 N–H and O–H groups in total. The molecule has 0 aliphatic carbocycles. The standard InChI is InChI=1S/C15H21F2N3O2S.C2H3FO2/c1-10(2)12-19-11(7-23-12)13(21)20-8-14(3-5-18-6-4-14)22-15(16,17)9-20;3-1-2(4)5/h7,10,18H,3-6,8-9H2,1-2H3;1H2,(H,4,5). The van der Waals surface area contributed by atoms with Crippen molar-refractivity contribution in [1.82, 2.24) is 15.2 Å². The zero-order chi connectivity index (χ0) is 20.9. The third-order valence-electron chi connectivity index (χ3n) is 4.37. The lowest BCUT2D eigenvalue weighted by molar-refractivity contribution is -0.329. The van der Waals surface area contributed by atoms with Crippen molar-refractivity contribution >= 4 is 23.2 Å². The van der Waals surface area contributed by atoms with Gasteiger partial charge in [-0.25, -0.2) is 14.2 Å². The molecule has 7 nitrogen and oxygen atoms in total. The summed E-state index contributed by atoms with van der Waals surface area (Å²) in [7, 11) is 0. The average Bonchev–Trinajstić information content (AvgIpc) is 3.11. The molecule has 2 aliphatic heterocycles. The smallest absolute Gasteiger partial charge is 0.373 e. The molecule has 2 fully saturated rings. The van der Waals surface area contributed by atoms with E-state index in [1.807, 2.05) is 13.8 Å². The molecule has 0 saturated carbocycles. The molecule has 28 heavy (non-hydrogen) atoms. The van der Waals surface area contributed by atoms with Gasteiger partial charge in [0.2, 0.25) is 0 Å². The summed E-state index contributed by atoms with van der Waals surface area (Å²) in [5.41, 5.74) is -0.708. The van der Waals surface area contributed by atoms with E-state index in [1.54, 1.807) is 5.38 Å². The third kappa shape index (κ3) is 5.89. The van der Waals surface area contributed by atoms with E-state index in [-0.39, 0.29) is 18.2 Å². The lowest BCUT2D eigenvalue weighted by Crippen LogP contribution is -2.62. The molecule has 1 spiro atoms. The first-order valence-electron chi connectivity index (χ1n) is 8.89. The van der Waals surface area contributed by atoms with Crippen LogP contribution in [0, 0.1) is 0 Å². The van der Waals surface area contributed by atoms with Crippen LogP contribution in [0.1, 0.15) is 48.1 Å². The van der Waals surface area contributed by atoms with Crippen molar-refractivity contribution < 1.29 is 32.6 Å². The lowest BCUT2D eigenvalue weighted by atomic mass is 9.90. The number of halogens is 3. The van der Waals surface area contributed by atoms with E-state index in [2.05, 4.69) is 10.3 Å². The minimum Gasteiger partial charge on any atom is -0.479 e. The first-order valence-corrected chi connectivity index (χ1v) is 9.77. The Bertz CT molecular complexity index is 693. The number of rotatable bonds is 3. The molecule has 2 aliphatic rings. The Morgan fingerprint density at radius 2 is 1.96 bits per heavy atom. The van der Waals surface area contributed by atoms with E-state index in [9.17, 15) is 18.0 Å². The number of thiazole rings is 1. The molecule has 0 radical (unpaired) electrons. The van der Waals surface area contributed by atoms with Crippen molar-refractivity contribution in [3.8, 4) is 0 Å². The summed E-state index contributed by atoms with van der Waals surface area (Å²) in [6.07, 6.45) is -2.37. The van der Waals surface area contributed by atoms with Gasteiger partial charge in [0.05, 0.1) is 17.2 Å². The van der Waals surface area contributed by atoms with Crippen LogP contribution >= 0.6 is 11.3 Å². The number of aromatic nitrogens is 1. The molecule has 0 unspecified atom stereocenters. The predicted molar refractivity (Wildman–Crippen MR) is 96.6 cm³/mol. The van der Waals surface area contributed by atoms with Gasteiger partial charge in [0, 0.05) is 11.3 Å². The summed E-state index contributed by atoms with van der Waals surface area (Å²) in [4.78, 5) is 27.1. The van der Waals surface area contributed by atoms with Crippen molar-refractivity contribution in [2.24, 2.45) is 0 Å². The minimum atomic E-state index is -3.32. The monoisotopic (exact) mass is 423 g/mol. The van der Waals surface area contributed by atoms with E-state index in [4.69, 9.17) is 14.6 Å². The number of carboxylic acid groups (broad SMARTS) is 1. The van der Waals surface area contributed by atoms with Crippen LogP contribution in [0.2, 0.25) is 0 Å². The second-order valence-electron chi connectivity index (χ2n) is 7.09. The van der Waals surface area contributed by atoms with Gasteiger partial charge in [0.15, 0.2) is 6.67 Å². The summed E-state index contributed by atoms with van der Waals surface area (Å²) in [5, 5.41) is 13.0. The van der Waals surface area contributed by atoms with E-state index in [1.165, 1.54) is 16.2 Å². The molecule has 1 amide bonds. The quantitative estimate of drug-likeness (QED) is 0.776. The SMILES string of the molecule is CC(C)c1nc(C(=O)N2CC(F)(F)OC3(CCNCC3)C2)cs1.O=C(O)CF. The maximum atomic E-state index is 14.0. The van der Waals surface area contributed by atoms with Crippen molar-refractivity contribution in [2.45, 2.75) is 44.3 Å². The number of carbonyl (C=O) groups is 2. The van der Waals surface area contributed by atoms with Gasteiger partial charge in [0.1, 0.15) is 12.2 Å². The summed E-state index contributed by atoms with van der Waals surface area (Å²) in [5.74, 6) is -1.64. The summed E-state index contributed by atoms with van der Waals surface area (Å²) >= 11 is 1.39. The number of hydrogen-bond donors (Lipinski definition) is 2. The highest BCUT2D eigenvalue weighted by atomic mass is 32.1.